The second-order valence-electron chi connectivity index (χ2n) is 7.06. The van der Waals surface area contributed by atoms with Crippen molar-refractivity contribution in [1.82, 2.24) is 0 Å². The number of unbranched alkanes of at least 4 members (excludes halogenated alkanes) is 6. The van der Waals surface area contributed by atoms with E-state index in [1.54, 1.807) is 0 Å². The van der Waals surface area contributed by atoms with Crippen molar-refractivity contribution in [2.45, 2.75) is 71.5 Å². The van der Waals surface area contributed by atoms with Crippen LogP contribution < -0.4 is 5.23 Å². The van der Waals surface area contributed by atoms with Gasteiger partial charge in [-0.1, -0.05) is 94.8 Å². The highest BCUT2D eigenvalue weighted by Gasteiger charge is 2.26. The van der Waals surface area contributed by atoms with Crippen LogP contribution in [0.3, 0.4) is 0 Å². The molecule has 0 aromatic heterocycles. The minimum Gasteiger partial charge on any atom is -0.423 e. The van der Waals surface area contributed by atoms with Gasteiger partial charge in [0.25, 0.3) is 6.85 Å². The van der Waals surface area contributed by atoms with Gasteiger partial charge in [-0.15, -0.1) is 0 Å². The van der Waals surface area contributed by atoms with Crippen LogP contribution in [0.4, 0.5) is 5.69 Å². The van der Waals surface area contributed by atoms with Crippen LogP contribution >= 0.6 is 0 Å². The zero-order valence-corrected chi connectivity index (χ0v) is 15.1. The summed E-state index contributed by atoms with van der Waals surface area (Å²) in [5.41, 5.74) is 3.99. The fourth-order valence-corrected chi connectivity index (χ4v) is 3.24. The molecule has 1 aromatic rings. The van der Waals surface area contributed by atoms with Crippen molar-refractivity contribution >= 4 is 18.6 Å². The van der Waals surface area contributed by atoms with E-state index in [4.69, 9.17) is 0 Å². The Hall–Kier alpha value is -1.44. The molecule has 23 heavy (non-hydrogen) atoms. The highest BCUT2D eigenvalue weighted by molar-refractivity contribution is 6.73. The maximum Gasteiger partial charge on any atom is 0.288 e. The van der Waals surface area contributed by atoms with Gasteiger partial charge in [-0.25, -0.2) is 0 Å². The highest BCUT2D eigenvalue weighted by Crippen LogP contribution is 2.30. The standard InChI is InChI=1S/C21H32BN/c1-4-5-6-7-8-9-10-11-15-20-17-19-14-12-13-16-21(19)23-22(20)18(2)3/h11-18,23H,4-10H2,1-3H3/b15-11+. The molecule has 1 aromatic carbocycles. The van der Waals surface area contributed by atoms with E-state index >= 15 is 0 Å². The van der Waals surface area contributed by atoms with Gasteiger partial charge < -0.3 is 5.23 Å². The zero-order valence-electron chi connectivity index (χ0n) is 15.1. The summed E-state index contributed by atoms with van der Waals surface area (Å²) in [4.78, 5) is 0. The lowest BCUT2D eigenvalue weighted by Gasteiger charge is -2.26. The highest BCUT2D eigenvalue weighted by atomic mass is 14.8. The molecule has 0 fully saturated rings. The Labute approximate surface area is 143 Å². The number of hydrogen-bond acceptors (Lipinski definition) is 1. The van der Waals surface area contributed by atoms with E-state index in [0.717, 1.165) is 0 Å². The molecular weight excluding hydrogens is 277 g/mol. The maximum atomic E-state index is 3.70. The summed E-state index contributed by atoms with van der Waals surface area (Å²) < 4.78 is 0. The summed E-state index contributed by atoms with van der Waals surface area (Å²) in [6.45, 7) is 7.28. The average molecular weight is 309 g/mol. The van der Waals surface area contributed by atoms with Gasteiger partial charge in [0.05, 0.1) is 0 Å². The van der Waals surface area contributed by atoms with Gasteiger partial charge in [-0.2, -0.15) is 0 Å². The third kappa shape index (κ3) is 5.60. The second kappa shape index (κ2) is 9.65. The smallest absolute Gasteiger partial charge is 0.288 e. The molecular formula is C21H32BN. The van der Waals surface area contributed by atoms with E-state index in [0.29, 0.717) is 12.7 Å². The Morgan fingerprint density at radius 2 is 1.78 bits per heavy atom. The first-order valence-corrected chi connectivity index (χ1v) is 9.46. The lowest BCUT2D eigenvalue weighted by atomic mass is 9.45. The second-order valence-corrected chi connectivity index (χ2v) is 7.06. The molecule has 1 aliphatic heterocycles. The van der Waals surface area contributed by atoms with Crippen molar-refractivity contribution in [3.05, 3.63) is 47.5 Å². The van der Waals surface area contributed by atoms with Crippen LogP contribution in [-0.2, 0) is 0 Å². The van der Waals surface area contributed by atoms with Crippen molar-refractivity contribution in [3.8, 4) is 0 Å². The molecule has 0 aliphatic carbocycles. The molecule has 124 valence electrons. The fraction of sp³-hybridized carbons (Fsp3) is 0.524. The number of benzene rings is 1. The number of fused-ring (bicyclic) bond motifs is 1. The number of anilines is 1. The zero-order chi connectivity index (χ0) is 16.5. The monoisotopic (exact) mass is 309 g/mol. The van der Waals surface area contributed by atoms with Crippen molar-refractivity contribution < 1.29 is 0 Å². The minimum atomic E-state index is 0.422. The van der Waals surface area contributed by atoms with Gasteiger partial charge in [0.2, 0.25) is 0 Å². The predicted molar refractivity (Wildman–Crippen MR) is 106 cm³/mol. The molecule has 0 atom stereocenters. The normalized spacial score (nSPS) is 14.1. The Balaban J connectivity index is 1.88. The van der Waals surface area contributed by atoms with Crippen molar-refractivity contribution in [3.63, 3.8) is 0 Å². The number of rotatable bonds is 9. The Kier molecular flexibility index (Phi) is 7.51. The van der Waals surface area contributed by atoms with E-state index in [1.807, 2.05) is 0 Å². The van der Waals surface area contributed by atoms with Crippen LogP contribution in [0.15, 0.2) is 41.9 Å². The van der Waals surface area contributed by atoms with Crippen molar-refractivity contribution in [1.29, 1.82) is 0 Å². The van der Waals surface area contributed by atoms with Crippen LogP contribution in [0.25, 0.3) is 6.08 Å². The predicted octanol–water partition coefficient (Wildman–Crippen LogP) is 6.74. The number of allylic oxidation sites excluding steroid dienone is 3. The van der Waals surface area contributed by atoms with Gasteiger partial charge in [0, 0.05) is 5.69 Å². The van der Waals surface area contributed by atoms with Gasteiger partial charge in [-0.05, 0) is 30.3 Å². The summed E-state index contributed by atoms with van der Waals surface area (Å²) in [5.74, 6) is 0.591. The van der Waals surface area contributed by atoms with Gasteiger partial charge in [-0.3, -0.25) is 0 Å². The summed E-state index contributed by atoms with van der Waals surface area (Å²) in [5, 5.41) is 3.70. The van der Waals surface area contributed by atoms with Crippen LogP contribution in [0.2, 0.25) is 5.82 Å². The van der Waals surface area contributed by atoms with E-state index in [2.05, 4.69) is 68.5 Å². The molecule has 0 spiro atoms. The summed E-state index contributed by atoms with van der Waals surface area (Å²) >= 11 is 0. The number of para-hydroxylation sites is 1. The lowest BCUT2D eigenvalue weighted by molar-refractivity contribution is 0.611. The molecule has 0 bridgehead atoms. The summed E-state index contributed by atoms with van der Waals surface area (Å²) in [7, 11) is 0. The molecule has 2 rings (SSSR count). The lowest BCUT2D eigenvalue weighted by Crippen LogP contribution is -2.32. The first-order valence-electron chi connectivity index (χ1n) is 9.46. The number of nitrogens with one attached hydrogen (secondary N) is 1. The molecule has 0 amide bonds. The first-order chi connectivity index (χ1) is 11.2. The molecule has 0 radical (unpaired) electrons. The van der Waals surface area contributed by atoms with Crippen molar-refractivity contribution in [2.24, 2.45) is 0 Å². The van der Waals surface area contributed by atoms with Crippen LogP contribution in [0, 0.1) is 0 Å². The molecule has 1 aliphatic rings. The van der Waals surface area contributed by atoms with E-state index < -0.39 is 0 Å². The third-order valence-corrected chi connectivity index (χ3v) is 4.65. The van der Waals surface area contributed by atoms with E-state index in [1.165, 1.54) is 61.7 Å². The molecule has 2 heteroatoms. The molecule has 0 unspecified atom stereocenters. The molecule has 1 nitrogen and oxygen atoms in total. The van der Waals surface area contributed by atoms with E-state index in [9.17, 15) is 0 Å². The maximum absolute atomic E-state index is 3.70. The molecule has 0 saturated heterocycles. The average Bonchev–Trinajstić information content (AvgIpc) is 2.56. The summed E-state index contributed by atoms with van der Waals surface area (Å²) in [6, 6.07) is 8.60. The van der Waals surface area contributed by atoms with Crippen molar-refractivity contribution in [2.75, 3.05) is 5.23 Å². The van der Waals surface area contributed by atoms with Gasteiger partial charge >= 0.3 is 0 Å². The topological polar surface area (TPSA) is 12.0 Å². The van der Waals surface area contributed by atoms with Gasteiger partial charge in [0.15, 0.2) is 0 Å². The Bertz CT molecular complexity index is 530. The molecule has 1 N–H and O–H groups in total. The minimum absolute atomic E-state index is 0.422. The van der Waals surface area contributed by atoms with E-state index in [-0.39, 0.29) is 0 Å². The first kappa shape index (κ1) is 17.9. The quantitative estimate of drug-likeness (QED) is 0.393. The van der Waals surface area contributed by atoms with Crippen LogP contribution in [-0.4, -0.2) is 6.85 Å². The Morgan fingerprint density at radius 1 is 1.04 bits per heavy atom. The van der Waals surface area contributed by atoms with Crippen LogP contribution in [0.5, 0.6) is 0 Å². The number of hydrogen-bond donors (Lipinski definition) is 1. The van der Waals surface area contributed by atoms with Crippen LogP contribution in [0.1, 0.15) is 71.3 Å². The SMILES string of the molecule is CCCCCCCC/C=C/C1=Cc2ccccc2NB1C(C)C. The largest absolute Gasteiger partial charge is 0.423 e. The van der Waals surface area contributed by atoms with Gasteiger partial charge in [0.1, 0.15) is 0 Å². The molecule has 0 saturated carbocycles. The molecule has 1 heterocycles. The Morgan fingerprint density at radius 3 is 2.57 bits per heavy atom. The fourth-order valence-electron chi connectivity index (χ4n) is 3.24. The summed E-state index contributed by atoms with van der Waals surface area (Å²) in [6.07, 6.45) is 16.5. The third-order valence-electron chi connectivity index (χ3n) is 4.65.